The Morgan fingerprint density at radius 1 is 1.31 bits per heavy atom. The van der Waals surface area contributed by atoms with Crippen LogP contribution in [0, 0.1) is 0 Å². The summed E-state index contributed by atoms with van der Waals surface area (Å²) in [6.45, 7) is 4.15. The van der Waals surface area contributed by atoms with E-state index in [0.717, 1.165) is 21.9 Å². The molecule has 0 aliphatic rings. The molecule has 0 unspecified atom stereocenters. The van der Waals surface area contributed by atoms with Gasteiger partial charge in [-0.1, -0.05) is 13.8 Å². The Kier molecular flexibility index (Phi) is 3.05. The largest absolute Gasteiger partial charge is 0.333 e. The number of rotatable bonds is 2. The summed E-state index contributed by atoms with van der Waals surface area (Å²) in [6, 6.07) is 1.88. The second kappa shape index (κ2) is 4.33. The van der Waals surface area contributed by atoms with Crippen molar-refractivity contribution in [3.63, 3.8) is 0 Å². The number of aryl methyl sites for hydroxylation is 1. The lowest BCUT2D eigenvalue weighted by Gasteiger charge is -2.07. The molecule has 2 aromatic rings. The standard InChI is InChI=1S/C11H13BrN4/c1-7(2)10-14-8(6-9(12)15-10)11-13-4-5-16(11)3/h4-7H,1-3H3. The second-order valence-corrected chi connectivity index (χ2v) is 4.76. The first kappa shape index (κ1) is 11.3. The summed E-state index contributed by atoms with van der Waals surface area (Å²) in [6.07, 6.45) is 3.67. The molecular weight excluding hydrogens is 268 g/mol. The predicted octanol–water partition coefficient (Wildman–Crippen LogP) is 2.76. The van der Waals surface area contributed by atoms with Gasteiger partial charge in [-0.05, 0) is 15.9 Å². The van der Waals surface area contributed by atoms with Gasteiger partial charge < -0.3 is 4.57 Å². The van der Waals surface area contributed by atoms with Crippen molar-refractivity contribution in [2.45, 2.75) is 19.8 Å². The molecule has 84 valence electrons. The molecule has 2 heterocycles. The van der Waals surface area contributed by atoms with E-state index in [0.29, 0.717) is 5.92 Å². The van der Waals surface area contributed by atoms with Crippen molar-refractivity contribution in [3.8, 4) is 11.5 Å². The Labute approximate surface area is 103 Å². The number of halogens is 1. The van der Waals surface area contributed by atoms with Crippen LogP contribution in [0.4, 0.5) is 0 Å². The van der Waals surface area contributed by atoms with Crippen LogP contribution in [0.5, 0.6) is 0 Å². The molecule has 0 radical (unpaired) electrons. The molecule has 0 fully saturated rings. The van der Waals surface area contributed by atoms with Gasteiger partial charge in [0, 0.05) is 31.4 Å². The third-order valence-corrected chi connectivity index (χ3v) is 2.69. The molecule has 0 saturated heterocycles. The van der Waals surface area contributed by atoms with Crippen molar-refractivity contribution >= 4 is 15.9 Å². The first-order valence-electron chi connectivity index (χ1n) is 5.10. The molecule has 16 heavy (non-hydrogen) atoms. The summed E-state index contributed by atoms with van der Waals surface area (Å²) in [7, 11) is 1.95. The highest BCUT2D eigenvalue weighted by atomic mass is 79.9. The van der Waals surface area contributed by atoms with E-state index in [9.17, 15) is 0 Å². The van der Waals surface area contributed by atoms with Gasteiger partial charge in [0.25, 0.3) is 0 Å². The highest BCUT2D eigenvalue weighted by Crippen LogP contribution is 2.20. The van der Waals surface area contributed by atoms with Gasteiger partial charge in [0.1, 0.15) is 16.1 Å². The number of hydrogen-bond acceptors (Lipinski definition) is 3. The molecule has 0 saturated carbocycles. The van der Waals surface area contributed by atoms with Gasteiger partial charge in [0.15, 0.2) is 5.82 Å². The van der Waals surface area contributed by atoms with E-state index >= 15 is 0 Å². The summed E-state index contributed by atoms with van der Waals surface area (Å²) >= 11 is 3.40. The Hall–Kier alpha value is -1.23. The van der Waals surface area contributed by atoms with Crippen LogP contribution in [0.2, 0.25) is 0 Å². The van der Waals surface area contributed by atoms with Crippen molar-refractivity contribution in [3.05, 3.63) is 28.9 Å². The van der Waals surface area contributed by atoms with Crippen LogP contribution in [-0.2, 0) is 7.05 Å². The molecule has 0 aliphatic heterocycles. The van der Waals surface area contributed by atoms with Gasteiger partial charge in [-0.2, -0.15) is 0 Å². The quantitative estimate of drug-likeness (QED) is 0.795. The van der Waals surface area contributed by atoms with E-state index in [1.165, 1.54) is 0 Å². The molecule has 0 amide bonds. The fraction of sp³-hybridized carbons (Fsp3) is 0.364. The van der Waals surface area contributed by atoms with Crippen LogP contribution in [0.3, 0.4) is 0 Å². The van der Waals surface area contributed by atoms with E-state index in [1.54, 1.807) is 6.20 Å². The zero-order chi connectivity index (χ0) is 11.7. The van der Waals surface area contributed by atoms with Gasteiger partial charge in [-0.15, -0.1) is 0 Å². The molecule has 5 heteroatoms. The first-order valence-corrected chi connectivity index (χ1v) is 5.89. The van der Waals surface area contributed by atoms with Gasteiger partial charge in [0.2, 0.25) is 0 Å². The highest BCUT2D eigenvalue weighted by molar-refractivity contribution is 9.10. The fourth-order valence-corrected chi connectivity index (χ4v) is 1.82. The SMILES string of the molecule is CC(C)c1nc(Br)cc(-c2nccn2C)n1. The highest BCUT2D eigenvalue weighted by Gasteiger charge is 2.10. The van der Waals surface area contributed by atoms with Crippen LogP contribution < -0.4 is 0 Å². The number of nitrogens with zero attached hydrogens (tertiary/aromatic N) is 4. The van der Waals surface area contributed by atoms with E-state index in [-0.39, 0.29) is 0 Å². The molecule has 2 rings (SSSR count). The zero-order valence-corrected chi connectivity index (χ0v) is 11.1. The van der Waals surface area contributed by atoms with Gasteiger partial charge in [0.05, 0.1) is 0 Å². The Balaban J connectivity index is 2.54. The maximum Gasteiger partial charge on any atom is 0.158 e. The molecule has 0 aromatic carbocycles. The lowest BCUT2D eigenvalue weighted by molar-refractivity contribution is 0.767. The minimum atomic E-state index is 0.302. The van der Waals surface area contributed by atoms with Gasteiger partial charge in [-0.25, -0.2) is 15.0 Å². The van der Waals surface area contributed by atoms with Crippen molar-refractivity contribution in [2.24, 2.45) is 7.05 Å². The minimum absolute atomic E-state index is 0.302. The van der Waals surface area contributed by atoms with E-state index in [2.05, 4.69) is 44.7 Å². The molecule has 0 N–H and O–H groups in total. The Bertz CT molecular complexity index is 504. The summed E-state index contributed by atoms with van der Waals surface area (Å²) in [5, 5.41) is 0. The number of aromatic nitrogens is 4. The molecule has 0 aliphatic carbocycles. The molecule has 4 nitrogen and oxygen atoms in total. The lowest BCUT2D eigenvalue weighted by Crippen LogP contribution is -2.02. The van der Waals surface area contributed by atoms with Crippen LogP contribution in [0.15, 0.2) is 23.1 Å². The molecule has 0 spiro atoms. The molecular formula is C11H13BrN4. The Morgan fingerprint density at radius 2 is 2.06 bits per heavy atom. The number of imidazole rings is 1. The minimum Gasteiger partial charge on any atom is -0.333 e. The van der Waals surface area contributed by atoms with Crippen molar-refractivity contribution in [2.75, 3.05) is 0 Å². The molecule has 2 aromatic heterocycles. The summed E-state index contributed by atoms with van der Waals surface area (Å²) < 4.78 is 2.74. The van der Waals surface area contributed by atoms with Crippen molar-refractivity contribution in [1.82, 2.24) is 19.5 Å². The third-order valence-electron chi connectivity index (χ3n) is 2.28. The normalized spacial score (nSPS) is 11.1. The fourth-order valence-electron chi connectivity index (χ4n) is 1.42. The van der Waals surface area contributed by atoms with Crippen molar-refractivity contribution in [1.29, 1.82) is 0 Å². The van der Waals surface area contributed by atoms with E-state index in [1.807, 2.05) is 23.9 Å². The predicted molar refractivity (Wildman–Crippen MR) is 66.0 cm³/mol. The zero-order valence-electron chi connectivity index (χ0n) is 9.48. The maximum atomic E-state index is 4.51. The maximum absolute atomic E-state index is 4.51. The topological polar surface area (TPSA) is 43.6 Å². The molecule has 0 bridgehead atoms. The average molecular weight is 281 g/mol. The van der Waals surface area contributed by atoms with E-state index in [4.69, 9.17) is 0 Å². The lowest BCUT2D eigenvalue weighted by atomic mass is 10.2. The number of hydrogen-bond donors (Lipinski definition) is 0. The third kappa shape index (κ3) is 2.14. The van der Waals surface area contributed by atoms with Crippen LogP contribution in [-0.4, -0.2) is 19.5 Å². The smallest absolute Gasteiger partial charge is 0.158 e. The first-order chi connectivity index (χ1) is 7.58. The Morgan fingerprint density at radius 3 is 2.62 bits per heavy atom. The second-order valence-electron chi connectivity index (χ2n) is 3.95. The summed E-state index contributed by atoms with van der Waals surface area (Å²) in [5.41, 5.74) is 0.845. The summed E-state index contributed by atoms with van der Waals surface area (Å²) in [4.78, 5) is 13.1. The van der Waals surface area contributed by atoms with Gasteiger partial charge in [-0.3, -0.25) is 0 Å². The average Bonchev–Trinajstić information content (AvgIpc) is 2.63. The van der Waals surface area contributed by atoms with Gasteiger partial charge >= 0.3 is 0 Å². The van der Waals surface area contributed by atoms with Crippen LogP contribution >= 0.6 is 15.9 Å². The van der Waals surface area contributed by atoms with Crippen LogP contribution in [0.25, 0.3) is 11.5 Å². The van der Waals surface area contributed by atoms with E-state index < -0.39 is 0 Å². The van der Waals surface area contributed by atoms with Crippen LogP contribution in [0.1, 0.15) is 25.6 Å². The summed E-state index contributed by atoms with van der Waals surface area (Å²) in [5.74, 6) is 1.98. The molecule has 0 atom stereocenters. The van der Waals surface area contributed by atoms with Crippen molar-refractivity contribution < 1.29 is 0 Å². The monoisotopic (exact) mass is 280 g/mol.